The molecule has 0 spiro atoms. The van der Waals surface area contributed by atoms with Crippen molar-refractivity contribution in [3.8, 4) is 0 Å². The van der Waals surface area contributed by atoms with E-state index in [-0.39, 0.29) is 0 Å². The van der Waals surface area contributed by atoms with Crippen molar-refractivity contribution >= 4 is 17.7 Å². The lowest BCUT2D eigenvalue weighted by Crippen LogP contribution is -1.88. The van der Waals surface area contributed by atoms with Gasteiger partial charge in [-0.1, -0.05) is 50.3 Å². The molecule has 0 aliphatic heterocycles. The van der Waals surface area contributed by atoms with Gasteiger partial charge in [-0.25, -0.2) is 20.4 Å². The van der Waals surface area contributed by atoms with Gasteiger partial charge in [-0.15, -0.1) is 0 Å². The fourth-order valence-electron chi connectivity index (χ4n) is 1.16. The molecule has 18 heavy (non-hydrogen) atoms. The Bertz CT molecular complexity index is 427. The first-order chi connectivity index (χ1) is 8.44. The van der Waals surface area contributed by atoms with Crippen LogP contribution in [0.2, 0.25) is 0 Å². The number of hydrogen-bond donors (Lipinski definition) is 2. The second-order valence-electron chi connectivity index (χ2n) is 3.76. The Hall–Kier alpha value is -2.28. The van der Waals surface area contributed by atoms with Crippen LogP contribution in [0.5, 0.6) is 0 Å². The van der Waals surface area contributed by atoms with Crippen LogP contribution in [0.1, 0.15) is 37.8 Å². The maximum absolute atomic E-state index is 8.35. The van der Waals surface area contributed by atoms with Crippen molar-refractivity contribution < 1.29 is 9.59 Å². The van der Waals surface area contributed by atoms with Crippen LogP contribution in [0.4, 0.5) is 0 Å². The largest absolute Gasteiger partial charge is 0.231 e. The van der Waals surface area contributed by atoms with E-state index < -0.39 is 0 Å². The minimum Gasteiger partial charge on any atom is -0.222 e. The molecule has 0 heterocycles. The molecule has 0 aliphatic rings. The highest BCUT2D eigenvalue weighted by Crippen LogP contribution is 2.19. The molecular weight excluding hydrogens is 228 g/mol. The molecule has 0 atom stereocenters. The highest BCUT2D eigenvalue weighted by Gasteiger charge is 1.99. The van der Waals surface area contributed by atoms with Crippen molar-refractivity contribution in [2.24, 2.45) is 0 Å². The number of nitrogens with one attached hydrogen (secondary N) is 2. The summed E-state index contributed by atoms with van der Waals surface area (Å²) >= 11 is 0. The standard InChI is InChI=1S/C12H16.2CHNO/c1-9(2)11-6-5-7-12(8-11)10(3)4;2*2-1-3/h5-8,10H,1H2,2-4H3;2*2H. The molecule has 0 aromatic heterocycles. The van der Waals surface area contributed by atoms with Crippen LogP contribution < -0.4 is 0 Å². The lowest BCUT2D eigenvalue weighted by molar-refractivity contribution is 0.562. The summed E-state index contributed by atoms with van der Waals surface area (Å²) in [6, 6.07) is 8.58. The van der Waals surface area contributed by atoms with Gasteiger partial charge in [0.15, 0.2) is 0 Å². The summed E-state index contributed by atoms with van der Waals surface area (Å²) in [5, 5.41) is 10.8. The van der Waals surface area contributed by atoms with Gasteiger partial charge in [-0.2, -0.15) is 0 Å². The molecule has 1 aromatic rings. The van der Waals surface area contributed by atoms with Gasteiger partial charge in [0.1, 0.15) is 0 Å². The van der Waals surface area contributed by atoms with E-state index in [4.69, 9.17) is 20.4 Å². The lowest BCUT2D eigenvalue weighted by atomic mass is 9.99. The van der Waals surface area contributed by atoms with E-state index in [9.17, 15) is 0 Å². The number of allylic oxidation sites excluding steroid dienone is 1. The van der Waals surface area contributed by atoms with Crippen LogP contribution in [0, 0.1) is 10.8 Å². The van der Waals surface area contributed by atoms with Gasteiger partial charge >= 0.3 is 0 Å². The third kappa shape index (κ3) is 8.98. The van der Waals surface area contributed by atoms with E-state index in [0.717, 1.165) is 17.7 Å². The van der Waals surface area contributed by atoms with Gasteiger partial charge in [0.25, 0.3) is 0 Å². The Morgan fingerprint density at radius 3 is 2.00 bits per heavy atom. The molecule has 2 N–H and O–H groups in total. The molecule has 4 nitrogen and oxygen atoms in total. The monoisotopic (exact) mass is 246 g/mol. The smallest absolute Gasteiger partial charge is 0.222 e. The Balaban J connectivity index is 0. The second kappa shape index (κ2) is 11.2. The van der Waals surface area contributed by atoms with Crippen LogP contribution in [-0.4, -0.2) is 12.2 Å². The quantitative estimate of drug-likeness (QED) is 0.616. The Kier molecular flexibility index (Phi) is 11.3. The van der Waals surface area contributed by atoms with Crippen molar-refractivity contribution in [3.63, 3.8) is 0 Å². The minimum atomic E-state index is 0.601. The Morgan fingerprint density at radius 2 is 1.67 bits per heavy atom. The highest BCUT2D eigenvalue weighted by molar-refractivity contribution is 5.61. The van der Waals surface area contributed by atoms with E-state index >= 15 is 0 Å². The molecule has 0 bridgehead atoms. The third-order valence-corrected chi connectivity index (χ3v) is 2.05. The topological polar surface area (TPSA) is 81.8 Å². The lowest BCUT2D eigenvalue weighted by Gasteiger charge is -2.07. The molecule has 0 fully saturated rings. The van der Waals surface area contributed by atoms with E-state index in [1.165, 1.54) is 11.1 Å². The zero-order valence-corrected chi connectivity index (χ0v) is 10.9. The molecule has 0 unspecified atom stereocenters. The maximum atomic E-state index is 8.35. The van der Waals surface area contributed by atoms with Crippen molar-refractivity contribution in [2.45, 2.75) is 26.7 Å². The first kappa shape index (κ1) is 18.1. The van der Waals surface area contributed by atoms with Crippen LogP contribution in [0.15, 0.2) is 30.8 Å². The Labute approximate surface area is 107 Å². The molecule has 0 radical (unpaired) electrons. The van der Waals surface area contributed by atoms with E-state index in [1.807, 2.05) is 6.92 Å². The van der Waals surface area contributed by atoms with Gasteiger partial charge in [-0.05, 0) is 24.0 Å². The van der Waals surface area contributed by atoms with E-state index in [0.29, 0.717) is 5.92 Å². The highest BCUT2D eigenvalue weighted by atomic mass is 16.1. The molecule has 1 rings (SSSR count). The summed E-state index contributed by atoms with van der Waals surface area (Å²) in [5.41, 5.74) is 3.77. The first-order valence-electron chi connectivity index (χ1n) is 5.28. The summed E-state index contributed by atoms with van der Waals surface area (Å²) < 4.78 is 0. The molecule has 4 heteroatoms. The van der Waals surface area contributed by atoms with Crippen LogP contribution in [0.3, 0.4) is 0 Å². The Morgan fingerprint density at radius 1 is 1.22 bits per heavy atom. The first-order valence-corrected chi connectivity index (χ1v) is 5.28. The van der Waals surface area contributed by atoms with Crippen LogP contribution >= 0.6 is 0 Å². The average Bonchev–Trinajstić information content (AvgIpc) is 2.31. The number of carbonyl (C=O) groups excluding carboxylic acids is 2. The molecular formula is C14H18N2O2. The molecule has 0 saturated heterocycles. The number of benzene rings is 1. The number of isocyanates is 2. The SMILES string of the molecule is C=C(C)c1cccc(C(C)C)c1.N=C=O.N=C=O. The second-order valence-corrected chi connectivity index (χ2v) is 3.76. The van der Waals surface area contributed by atoms with Gasteiger partial charge < -0.3 is 0 Å². The van der Waals surface area contributed by atoms with Crippen molar-refractivity contribution in [1.29, 1.82) is 10.8 Å². The normalized spacial score (nSPS) is 7.78. The molecule has 1 aromatic carbocycles. The zero-order valence-electron chi connectivity index (χ0n) is 10.9. The number of hydrogen-bond acceptors (Lipinski definition) is 4. The minimum absolute atomic E-state index is 0.601. The molecule has 0 aliphatic carbocycles. The third-order valence-electron chi connectivity index (χ3n) is 2.05. The summed E-state index contributed by atoms with van der Waals surface area (Å²) in [6.45, 7) is 10.4. The number of rotatable bonds is 2. The molecule has 0 saturated carbocycles. The van der Waals surface area contributed by atoms with Crippen molar-refractivity contribution in [2.75, 3.05) is 0 Å². The fourth-order valence-corrected chi connectivity index (χ4v) is 1.16. The maximum Gasteiger partial charge on any atom is 0.231 e. The van der Waals surface area contributed by atoms with Gasteiger partial charge in [0.2, 0.25) is 12.2 Å². The average molecular weight is 246 g/mol. The zero-order chi connectivity index (χ0) is 14.6. The van der Waals surface area contributed by atoms with Gasteiger partial charge in [-0.3, -0.25) is 0 Å². The molecule has 0 amide bonds. The van der Waals surface area contributed by atoms with Crippen molar-refractivity contribution in [3.05, 3.63) is 42.0 Å². The summed E-state index contributed by atoms with van der Waals surface area (Å²) in [7, 11) is 0. The fraction of sp³-hybridized carbons (Fsp3) is 0.286. The van der Waals surface area contributed by atoms with Crippen LogP contribution in [0.25, 0.3) is 5.57 Å². The summed E-state index contributed by atoms with van der Waals surface area (Å²) in [6.07, 6.45) is 1.50. The van der Waals surface area contributed by atoms with E-state index in [1.54, 1.807) is 0 Å². The van der Waals surface area contributed by atoms with Crippen molar-refractivity contribution in [1.82, 2.24) is 0 Å². The van der Waals surface area contributed by atoms with E-state index in [2.05, 4.69) is 44.7 Å². The predicted octanol–water partition coefficient (Wildman–Crippen LogP) is 3.65. The predicted molar refractivity (Wildman–Crippen MR) is 72.1 cm³/mol. The summed E-state index contributed by atoms with van der Waals surface area (Å²) in [5.74, 6) is 0.601. The van der Waals surface area contributed by atoms with Gasteiger partial charge in [0.05, 0.1) is 0 Å². The van der Waals surface area contributed by atoms with Crippen LogP contribution in [-0.2, 0) is 9.59 Å². The molecule has 96 valence electrons. The van der Waals surface area contributed by atoms with Gasteiger partial charge in [0, 0.05) is 0 Å². The summed E-state index contributed by atoms with van der Waals surface area (Å²) in [4.78, 5) is 16.7.